The Morgan fingerprint density at radius 3 is 1.59 bits per heavy atom. The first kappa shape index (κ1) is 35.5. The lowest BCUT2D eigenvalue weighted by molar-refractivity contribution is 0.591. The zero-order valence-electron chi connectivity index (χ0n) is 33.2. The molecule has 0 N–H and O–H groups in total. The van der Waals surface area contributed by atoms with Gasteiger partial charge in [-0.2, -0.15) is 0 Å². The Morgan fingerprint density at radius 2 is 0.948 bits per heavy atom. The number of fused-ring (bicyclic) bond motifs is 4. The molecule has 58 heavy (non-hydrogen) atoms. The first-order valence-electron chi connectivity index (χ1n) is 20.4. The summed E-state index contributed by atoms with van der Waals surface area (Å²) >= 11 is 0. The van der Waals surface area contributed by atoms with Crippen LogP contribution < -0.4 is 4.90 Å². The van der Waals surface area contributed by atoms with Crippen LogP contribution in [-0.2, 0) is 10.8 Å². The third kappa shape index (κ3) is 5.77. The molecule has 0 saturated heterocycles. The van der Waals surface area contributed by atoms with Crippen molar-refractivity contribution in [2.75, 3.05) is 4.90 Å². The van der Waals surface area contributed by atoms with Gasteiger partial charge in [0, 0.05) is 16.9 Å². The van der Waals surface area contributed by atoms with Gasteiger partial charge in [-0.1, -0.05) is 209 Å². The van der Waals surface area contributed by atoms with E-state index in [2.05, 4.69) is 244 Å². The van der Waals surface area contributed by atoms with Gasteiger partial charge < -0.3 is 4.90 Å². The Hall–Kier alpha value is -6.96. The Balaban J connectivity index is 1.29. The highest BCUT2D eigenvalue weighted by Gasteiger charge is 2.48. The van der Waals surface area contributed by atoms with Crippen LogP contribution >= 0.6 is 0 Å². The average Bonchev–Trinajstić information content (AvgIpc) is 3.58. The Morgan fingerprint density at radius 1 is 0.397 bits per heavy atom. The van der Waals surface area contributed by atoms with Gasteiger partial charge in [0.2, 0.25) is 0 Å². The van der Waals surface area contributed by atoms with Gasteiger partial charge in [0.25, 0.3) is 0 Å². The Labute approximate surface area is 342 Å². The van der Waals surface area contributed by atoms with E-state index < -0.39 is 5.41 Å². The molecule has 1 nitrogen and oxygen atoms in total. The summed E-state index contributed by atoms with van der Waals surface area (Å²) in [5.41, 5.74) is 16.7. The smallest absolute Gasteiger partial charge is 0.0714 e. The second-order valence-corrected chi connectivity index (χ2v) is 16.5. The van der Waals surface area contributed by atoms with Crippen molar-refractivity contribution >= 4 is 27.8 Å². The maximum atomic E-state index is 2.50. The molecule has 9 aromatic carbocycles. The minimum absolute atomic E-state index is 0.0625. The molecule has 1 aliphatic carbocycles. The van der Waals surface area contributed by atoms with Crippen molar-refractivity contribution in [3.05, 3.63) is 246 Å². The van der Waals surface area contributed by atoms with E-state index in [0.717, 1.165) is 17.1 Å². The topological polar surface area (TPSA) is 3.24 Å². The van der Waals surface area contributed by atoms with Gasteiger partial charge in [0.1, 0.15) is 0 Å². The molecular weight excluding hydrogens is 699 g/mol. The van der Waals surface area contributed by atoms with Crippen LogP contribution in [0.2, 0.25) is 0 Å². The summed E-state index contributed by atoms with van der Waals surface area (Å²) in [5, 5.41) is 2.44. The lowest BCUT2D eigenvalue weighted by Gasteiger charge is -2.35. The fourth-order valence-electron chi connectivity index (χ4n) is 9.51. The van der Waals surface area contributed by atoms with E-state index in [1.54, 1.807) is 0 Å². The molecule has 0 heterocycles. The molecule has 0 spiro atoms. The van der Waals surface area contributed by atoms with Gasteiger partial charge in [-0.25, -0.2) is 0 Å². The predicted molar refractivity (Wildman–Crippen MR) is 246 cm³/mol. The number of hydrogen-bond acceptors (Lipinski definition) is 1. The quantitative estimate of drug-likeness (QED) is 0.157. The van der Waals surface area contributed by atoms with Crippen LogP contribution in [0.25, 0.3) is 44.2 Å². The van der Waals surface area contributed by atoms with E-state index in [1.807, 2.05) is 0 Å². The average molecular weight is 744 g/mol. The summed E-state index contributed by atoms with van der Waals surface area (Å²) in [4.78, 5) is 2.48. The SMILES string of the molecule is CC(C)(C)c1cccc2c1-c1ccc(N(c3ccc(-c4ccccc4)cc3)c3ccc4ccccc4c3-c3ccccc3)cc1C2(c1ccccc1)c1ccccc1. The highest BCUT2D eigenvalue weighted by atomic mass is 15.1. The van der Waals surface area contributed by atoms with Gasteiger partial charge in [-0.05, 0) is 102 Å². The van der Waals surface area contributed by atoms with Crippen molar-refractivity contribution in [1.82, 2.24) is 0 Å². The third-order valence-corrected chi connectivity index (χ3v) is 12.1. The van der Waals surface area contributed by atoms with Crippen LogP contribution in [0.5, 0.6) is 0 Å². The molecular formula is C57H45N. The molecule has 0 saturated carbocycles. The fourth-order valence-corrected chi connectivity index (χ4v) is 9.51. The third-order valence-electron chi connectivity index (χ3n) is 12.1. The number of benzene rings is 9. The van der Waals surface area contributed by atoms with Crippen molar-refractivity contribution in [3.63, 3.8) is 0 Å². The molecule has 278 valence electrons. The predicted octanol–water partition coefficient (Wildman–Crippen LogP) is 15.3. The number of hydrogen-bond donors (Lipinski definition) is 0. The van der Waals surface area contributed by atoms with Crippen LogP contribution in [0.1, 0.15) is 48.6 Å². The fraction of sp³-hybridized carbons (Fsp3) is 0.0877. The molecule has 0 aromatic heterocycles. The second kappa shape index (κ2) is 14.2. The zero-order chi connectivity index (χ0) is 39.3. The summed E-state index contributed by atoms with van der Waals surface area (Å²) < 4.78 is 0. The molecule has 10 rings (SSSR count). The molecule has 0 amide bonds. The molecule has 0 aliphatic heterocycles. The van der Waals surface area contributed by atoms with Gasteiger partial charge in [0.15, 0.2) is 0 Å². The molecule has 1 aliphatic rings. The first-order valence-corrected chi connectivity index (χ1v) is 20.4. The summed E-state index contributed by atoms with van der Waals surface area (Å²) in [5.74, 6) is 0. The van der Waals surface area contributed by atoms with Crippen LogP contribution in [0.3, 0.4) is 0 Å². The summed E-state index contributed by atoms with van der Waals surface area (Å²) in [7, 11) is 0. The molecule has 0 fully saturated rings. The van der Waals surface area contributed by atoms with Crippen LogP contribution in [0.15, 0.2) is 218 Å². The minimum Gasteiger partial charge on any atom is -0.310 e. The minimum atomic E-state index is -0.543. The van der Waals surface area contributed by atoms with E-state index in [0.29, 0.717) is 0 Å². The molecule has 1 heteroatoms. The van der Waals surface area contributed by atoms with Gasteiger partial charge >= 0.3 is 0 Å². The van der Waals surface area contributed by atoms with Crippen molar-refractivity contribution in [3.8, 4) is 33.4 Å². The van der Waals surface area contributed by atoms with Crippen molar-refractivity contribution in [1.29, 1.82) is 0 Å². The number of nitrogens with zero attached hydrogens (tertiary/aromatic N) is 1. The van der Waals surface area contributed by atoms with Crippen LogP contribution in [0.4, 0.5) is 17.1 Å². The lowest BCUT2D eigenvalue weighted by atomic mass is 9.67. The van der Waals surface area contributed by atoms with E-state index in [9.17, 15) is 0 Å². The van der Waals surface area contributed by atoms with E-state index in [4.69, 9.17) is 0 Å². The number of anilines is 3. The monoisotopic (exact) mass is 743 g/mol. The van der Waals surface area contributed by atoms with Crippen molar-refractivity contribution in [2.45, 2.75) is 31.6 Å². The van der Waals surface area contributed by atoms with Crippen molar-refractivity contribution < 1.29 is 0 Å². The molecule has 9 aromatic rings. The maximum Gasteiger partial charge on any atom is 0.0714 e. The lowest BCUT2D eigenvalue weighted by Crippen LogP contribution is -2.29. The van der Waals surface area contributed by atoms with Crippen LogP contribution in [-0.4, -0.2) is 0 Å². The first-order chi connectivity index (χ1) is 28.4. The normalized spacial score (nSPS) is 12.9. The zero-order valence-corrected chi connectivity index (χ0v) is 33.2. The molecule has 0 radical (unpaired) electrons. The Kier molecular flexibility index (Phi) is 8.68. The highest BCUT2D eigenvalue weighted by molar-refractivity contribution is 6.05. The van der Waals surface area contributed by atoms with Gasteiger partial charge in [-0.3, -0.25) is 0 Å². The molecule has 0 atom stereocenters. The standard InChI is InChI=1S/C57H45N/c1-56(2,3)50-29-18-30-51-55(50)49-37-36-47(39-52(49)57(51,44-24-12-6-13-25-44)45-26-14-7-15-27-45)58(46-34-31-41(32-35-46)40-19-8-4-9-20-40)53-38-33-42-21-16-17-28-48(42)54(53)43-22-10-5-11-23-43/h4-39H,1-3H3. The van der Waals surface area contributed by atoms with Crippen LogP contribution in [0, 0.1) is 0 Å². The second-order valence-electron chi connectivity index (χ2n) is 16.5. The summed E-state index contributed by atoms with van der Waals surface area (Å²) in [6.07, 6.45) is 0. The summed E-state index contributed by atoms with van der Waals surface area (Å²) in [6, 6.07) is 80.5. The molecule has 0 unspecified atom stereocenters. The summed E-state index contributed by atoms with van der Waals surface area (Å²) in [6.45, 7) is 7.02. The Bertz CT molecular complexity index is 2850. The van der Waals surface area contributed by atoms with Crippen molar-refractivity contribution in [2.24, 2.45) is 0 Å². The molecule has 0 bridgehead atoms. The highest BCUT2D eigenvalue weighted by Crippen LogP contribution is 2.59. The maximum absolute atomic E-state index is 2.50. The van der Waals surface area contributed by atoms with E-state index >= 15 is 0 Å². The van der Waals surface area contributed by atoms with E-state index in [-0.39, 0.29) is 5.41 Å². The van der Waals surface area contributed by atoms with Gasteiger partial charge in [0.05, 0.1) is 11.1 Å². The van der Waals surface area contributed by atoms with E-state index in [1.165, 1.54) is 72.0 Å². The van der Waals surface area contributed by atoms with Gasteiger partial charge in [-0.15, -0.1) is 0 Å². The largest absolute Gasteiger partial charge is 0.310 e. The number of rotatable bonds is 7.